The van der Waals surface area contributed by atoms with E-state index >= 15 is 0 Å². The van der Waals surface area contributed by atoms with Crippen LogP contribution in [0.2, 0.25) is 0 Å². The Labute approximate surface area is 141 Å². The molecule has 0 aromatic carbocycles. The number of nitrogens with zero attached hydrogens (tertiary/aromatic N) is 3. The Bertz CT molecular complexity index is 655. The SMILES string of the molecule is C=CC(=O)N1CC(O)(CNC(=O)c2cnn(C3CCCC3)c2C)C1. The smallest absolute Gasteiger partial charge is 0.254 e. The van der Waals surface area contributed by atoms with Gasteiger partial charge in [-0.15, -0.1) is 0 Å². The summed E-state index contributed by atoms with van der Waals surface area (Å²) in [5.74, 6) is -0.446. The fourth-order valence-corrected chi connectivity index (χ4v) is 3.56. The van der Waals surface area contributed by atoms with Crippen LogP contribution >= 0.6 is 0 Å². The molecule has 1 saturated carbocycles. The van der Waals surface area contributed by atoms with E-state index in [-0.39, 0.29) is 31.4 Å². The van der Waals surface area contributed by atoms with Crippen molar-refractivity contribution in [1.29, 1.82) is 0 Å². The summed E-state index contributed by atoms with van der Waals surface area (Å²) in [6.07, 6.45) is 7.45. The van der Waals surface area contributed by atoms with Gasteiger partial charge < -0.3 is 15.3 Å². The van der Waals surface area contributed by atoms with Gasteiger partial charge in [-0.2, -0.15) is 5.10 Å². The Morgan fingerprint density at radius 3 is 2.75 bits per heavy atom. The first kappa shape index (κ1) is 16.7. The summed E-state index contributed by atoms with van der Waals surface area (Å²) < 4.78 is 1.95. The van der Waals surface area contributed by atoms with Crippen molar-refractivity contribution in [3.05, 3.63) is 30.1 Å². The lowest BCUT2D eigenvalue weighted by molar-refractivity contribution is -0.148. The maximum Gasteiger partial charge on any atom is 0.254 e. The summed E-state index contributed by atoms with van der Waals surface area (Å²) in [6.45, 7) is 5.85. The third kappa shape index (κ3) is 3.08. The Morgan fingerprint density at radius 1 is 1.46 bits per heavy atom. The topological polar surface area (TPSA) is 87.5 Å². The second-order valence-corrected chi connectivity index (χ2v) is 6.83. The van der Waals surface area contributed by atoms with Gasteiger partial charge in [0.1, 0.15) is 5.60 Å². The second kappa shape index (κ2) is 6.39. The standard InChI is InChI=1S/C17H24N4O3/c1-3-15(22)20-10-17(24,11-20)9-18-16(23)14-8-19-21(12(14)2)13-6-4-5-7-13/h3,8,13,24H,1,4-7,9-11H2,2H3,(H,18,23). The molecular formula is C17H24N4O3. The Kier molecular flexibility index (Phi) is 4.45. The van der Waals surface area contributed by atoms with E-state index in [1.54, 1.807) is 6.20 Å². The zero-order chi connectivity index (χ0) is 17.3. The van der Waals surface area contributed by atoms with Crippen molar-refractivity contribution in [2.45, 2.75) is 44.2 Å². The van der Waals surface area contributed by atoms with Gasteiger partial charge in [-0.1, -0.05) is 19.4 Å². The van der Waals surface area contributed by atoms with Crippen LogP contribution in [0.1, 0.15) is 47.8 Å². The molecule has 1 aromatic rings. The van der Waals surface area contributed by atoms with Gasteiger partial charge in [-0.3, -0.25) is 14.3 Å². The summed E-state index contributed by atoms with van der Waals surface area (Å²) in [4.78, 5) is 25.3. The number of nitrogens with one attached hydrogen (secondary N) is 1. The Balaban J connectivity index is 1.56. The predicted octanol–water partition coefficient (Wildman–Crippen LogP) is 0.796. The number of amides is 2. The number of likely N-dealkylation sites (tertiary alicyclic amines) is 1. The van der Waals surface area contributed by atoms with Crippen molar-refractivity contribution < 1.29 is 14.7 Å². The number of β-amino-alcohol motifs (C(OH)–C–C–N with tert-alkyl or cyclic N) is 1. The maximum absolute atomic E-state index is 12.4. The normalized spacial score (nSPS) is 19.8. The zero-order valence-electron chi connectivity index (χ0n) is 14.0. The fraction of sp³-hybridized carbons (Fsp3) is 0.588. The lowest BCUT2D eigenvalue weighted by Gasteiger charge is -2.46. The Morgan fingerprint density at radius 2 is 2.12 bits per heavy atom. The first-order chi connectivity index (χ1) is 11.4. The molecule has 7 heteroatoms. The van der Waals surface area contributed by atoms with E-state index in [1.165, 1.54) is 23.8 Å². The number of hydrogen-bond donors (Lipinski definition) is 2. The van der Waals surface area contributed by atoms with Crippen molar-refractivity contribution in [3.63, 3.8) is 0 Å². The van der Waals surface area contributed by atoms with Crippen molar-refractivity contribution >= 4 is 11.8 Å². The van der Waals surface area contributed by atoms with E-state index in [4.69, 9.17) is 0 Å². The van der Waals surface area contributed by atoms with Gasteiger partial charge >= 0.3 is 0 Å². The molecule has 3 rings (SSSR count). The maximum atomic E-state index is 12.4. The van der Waals surface area contributed by atoms with E-state index < -0.39 is 5.60 Å². The van der Waals surface area contributed by atoms with Crippen LogP contribution in [-0.2, 0) is 4.79 Å². The summed E-state index contributed by atoms with van der Waals surface area (Å²) in [6, 6.07) is 0.390. The summed E-state index contributed by atoms with van der Waals surface area (Å²) in [5, 5.41) is 17.4. The van der Waals surface area contributed by atoms with E-state index in [0.717, 1.165) is 18.5 Å². The number of carbonyl (C=O) groups is 2. The third-order valence-corrected chi connectivity index (χ3v) is 4.99. The molecule has 0 bridgehead atoms. The second-order valence-electron chi connectivity index (χ2n) is 6.83. The number of aromatic nitrogens is 2. The highest BCUT2D eigenvalue weighted by molar-refractivity contribution is 5.95. The van der Waals surface area contributed by atoms with Crippen LogP contribution in [0.25, 0.3) is 0 Å². The molecule has 24 heavy (non-hydrogen) atoms. The average Bonchev–Trinajstić information content (AvgIpc) is 3.18. The zero-order valence-corrected chi connectivity index (χ0v) is 14.0. The van der Waals surface area contributed by atoms with Crippen molar-refractivity contribution in [2.75, 3.05) is 19.6 Å². The van der Waals surface area contributed by atoms with Crippen LogP contribution < -0.4 is 5.32 Å². The van der Waals surface area contributed by atoms with Gasteiger partial charge in [0.2, 0.25) is 5.91 Å². The first-order valence-corrected chi connectivity index (χ1v) is 8.39. The molecule has 7 nitrogen and oxygen atoms in total. The highest BCUT2D eigenvalue weighted by Gasteiger charge is 2.43. The Hall–Kier alpha value is -2.15. The summed E-state index contributed by atoms with van der Waals surface area (Å²) in [7, 11) is 0. The molecule has 0 unspecified atom stereocenters. The van der Waals surface area contributed by atoms with Crippen LogP contribution in [0.3, 0.4) is 0 Å². The van der Waals surface area contributed by atoms with Crippen molar-refractivity contribution in [3.8, 4) is 0 Å². The summed E-state index contributed by atoms with van der Waals surface area (Å²) in [5.41, 5.74) is 0.344. The average molecular weight is 332 g/mol. The van der Waals surface area contributed by atoms with Crippen LogP contribution in [0.4, 0.5) is 0 Å². The van der Waals surface area contributed by atoms with Gasteiger partial charge in [0.15, 0.2) is 0 Å². The van der Waals surface area contributed by atoms with E-state index in [9.17, 15) is 14.7 Å². The van der Waals surface area contributed by atoms with E-state index in [1.807, 2.05) is 11.6 Å². The fourth-order valence-electron chi connectivity index (χ4n) is 3.56. The molecule has 0 spiro atoms. The van der Waals surface area contributed by atoms with E-state index in [2.05, 4.69) is 17.0 Å². The highest BCUT2D eigenvalue weighted by atomic mass is 16.3. The highest BCUT2D eigenvalue weighted by Crippen LogP contribution is 2.30. The molecule has 1 saturated heterocycles. The molecule has 1 aliphatic carbocycles. The van der Waals surface area contributed by atoms with Gasteiger partial charge in [0.05, 0.1) is 37.4 Å². The largest absolute Gasteiger partial charge is 0.384 e. The van der Waals surface area contributed by atoms with Crippen molar-refractivity contribution in [2.24, 2.45) is 0 Å². The molecule has 2 amide bonds. The van der Waals surface area contributed by atoms with Crippen LogP contribution in [0.15, 0.2) is 18.9 Å². The molecular weight excluding hydrogens is 308 g/mol. The van der Waals surface area contributed by atoms with Gasteiger partial charge in [-0.05, 0) is 25.8 Å². The first-order valence-electron chi connectivity index (χ1n) is 8.39. The molecule has 1 aliphatic heterocycles. The third-order valence-electron chi connectivity index (χ3n) is 4.99. The van der Waals surface area contributed by atoms with Gasteiger partial charge in [0.25, 0.3) is 5.91 Å². The quantitative estimate of drug-likeness (QED) is 0.781. The minimum Gasteiger partial charge on any atom is -0.384 e. The van der Waals surface area contributed by atoms with Crippen molar-refractivity contribution in [1.82, 2.24) is 20.0 Å². The molecule has 2 heterocycles. The van der Waals surface area contributed by atoms with Gasteiger partial charge in [-0.25, -0.2) is 0 Å². The monoisotopic (exact) mass is 332 g/mol. The van der Waals surface area contributed by atoms with Crippen LogP contribution in [0, 0.1) is 6.92 Å². The minimum atomic E-state index is -1.07. The number of aliphatic hydroxyl groups is 1. The van der Waals surface area contributed by atoms with Gasteiger partial charge in [0, 0.05) is 5.69 Å². The predicted molar refractivity (Wildman–Crippen MR) is 88.5 cm³/mol. The number of hydrogen-bond acceptors (Lipinski definition) is 4. The molecule has 130 valence electrons. The minimum absolute atomic E-state index is 0.112. The lowest BCUT2D eigenvalue weighted by Crippen LogP contribution is -2.67. The van der Waals surface area contributed by atoms with Crippen LogP contribution in [0.5, 0.6) is 0 Å². The number of rotatable bonds is 5. The molecule has 0 radical (unpaired) electrons. The molecule has 2 fully saturated rings. The summed E-state index contributed by atoms with van der Waals surface area (Å²) >= 11 is 0. The number of carbonyl (C=O) groups excluding carboxylic acids is 2. The molecule has 2 N–H and O–H groups in total. The molecule has 1 aromatic heterocycles. The molecule has 2 aliphatic rings. The van der Waals surface area contributed by atoms with E-state index in [0.29, 0.717) is 11.6 Å². The lowest BCUT2D eigenvalue weighted by atomic mass is 9.94. The molecule has 0 atom stereocenters. The van der Waals surface area contributed by atoms with Crippen LogP contribution in [-0.4, -0.2) is 56.8 Å².